The number of anilines is 1. The van der Waals surface area contributed by atoms with E-state index in [9.17, 15) is 9.59 Å². The normalized spacial score (nSPS) is 11.8. The second-order valence-electron chi connectivity index (χ2n) is 13.2. The lowest BCUT2D eigenvalue weighted by atomic mass is 9.76. The van der Waals surface area contributed by atoms with Crippen molar-refractivity contribution in [1.82, 2.24) is 9.78 Å². The fourth-order valence-corrected chi connectivity index (χ4v) is 5.62. The van der Waals surface area contributed by atoms with E-state index in [0.717, 1.165) is 18.4 Å². The minimum Gasteiger partial charge on any atom is -0.483 e. The molecule has 0 atom stereocenters. The molecule has 2 N–H and O–H groups in total. The molecular weight excluding hydrogens is 681 g/mol. The third-order valence-corrected chi connectivity index (χ3v) is 10.1. The van der Waals surface area contributed by atoms with Gasteiger partial charge in [-0.15, -0.1) is 0 Å². The van der Waals surface area contributed by atoms with Crippen molar-refractivity contribution < 1.29 is 14.3 Å². The van der Waals surface area contributed by atoms with Gasteiger partial charge in [0.05, 0.1) is 15.7 Å². The summed E-state index contributed by atoms with van der Waals surface area (Å²) >= 11 is 18.4. The van der Waals surface area contributed by atoms with Gasteiger partial charge in [0.15, 0.2) is 6.61 Å². The van der Waals surface area contributed by atoms with Gasteiger partial charge in [0.1, 0.15) is 17.2 Å². The van der Waals surface area contributed by atoms with Crippen molar-refractivity contribution in [3.63, 3.8) is 0 Å². The van der Waals surface area contributed by atoms with E-state index in [1.165, 1.54) is 10.2 Å². The third kappa shape index (κ3) is 8.18. The van der Waals surface area contributed by atoms with E-state index < -0.39 is 5.56 Å². The maximum absolute atomic E-state index is 13.7. The lowest BCUT2D eigenvalue weighted by Crippen LogP contribution is -2.24. The van der Waals surface area contributed by atoms with E-state index in [1.54, 1.807) is 66.7 Å². The van der Waals surface area contributed by atoms with Crippen molar-refractivity contribution in [2.75, 3.05) is 11.9 Å². The fraction of sp³-hybridized carbons (Fsp3) is 0.282. The summed E-state index contributed by atoms with van der Waals surface area (Å²) in [6.07, 6.45) is 1.93. The number of ether oxygens (including phenoxy) is 2. The summed E-state index contributed by atoms with van der Waals surface area (Å²) in [7, 11) is 0. The second-order valence-corrected chi connectivity index (χ2v) is 14.5. The standard InChI is InChI=1S/C39H40Cl3N3O4/c1-7-38(3,4)25-11-20-33(30(21-25)39(5,6)8-2)48-23-34(46)43-27-14-16-28(17-15-27)45-37(47)36(49-29-18-19-31(41)32(42)22-29)35(44-45)24-9-12-26(40)13-10-24/h9-22,44H,7-8,23H2,1-6H3,(H,43,46). The van der Waals surface area contributed by atoms with E-state index in [0.29, 0.717) is 49.2 Å². The Labute approximate surface area is 302 Å². The number of nitrogens with zero attached hydrogens (tertiary/aromatic N) is 1. The molecule has 0 saturated carbocycles. The Morgan fingerprint density at radius 2 is 1.49 bits per heavy atom. The molecule has 5 rings (SSSR count). The molecule has 0 aliphatic heterocycles. The smallest absolute Gasteiger partial charge is 0.314 e. The zero-order chi connectivity index (χ0) is 35.5. The lowest BCUT2D eigenvalue weighted by molar-refractivity contribution is -0.118. The molecule has 1 amide bonds. The van der Waals surface area contributed by atoms with E-state index >= 15 is 0 Å². The van der Waals surface area contributed by atoms with Gasteiger partial charge in [-0.25, -0.2) is 4.68 Å². The Hall–Kier alpha value is -4.17. The van der Waals surface area contributed by atoms with Gasteiger partial charge >= 0.3 is 5.56 Å². The highest BCUT2D eigenvalue weighted by Crippen LogP contribution is 2.39. The highest BCUT2D eigenvalue weighted by Gasteiger charge is 2.27. The topological polar surface area (TPSA) is 85.3 Å². The SMILES string of the molecule is CCC(C)(C)c1ccc(OCC(=O)Nc2ccc(-n3[nH]c(-c4ccc(Cl)cc4)c(Oc4ccc(Cl)c(Cl)c4)c3=O)cc2)c(C(C)(C)CC)c1. The Morgan fingerprint density at radius 3 is 2.12 bits per heavy atom. The maximum atomic E-state index is 13.7. The van der Waals surface area contributed by atoms with Crippen LogP contribution in [0.15, 0.2) is 89.7 Å². The molecule has 10 heteroatoms. The van der Waals surface area contributed by atoms with Crippen molar-refractivity contribution in [2.45, 2.75) is 65.2 Å². The largest absolute Gasteiger partial charge is 0.483 e. The molecule has 0 bridgehead atoms. The first-order valence-electron chi connectivity index (χ1n) is 16.1. The van der Waals surface area contributed by atoms with E-state index in [1.807, 2.05) is 6.07 Å². The highest BCUT2D eigenvalue weighted by molar-refractivity contribution is 6.42. The van der Waals surface area contributed by atoms with Crippen LogP contribution < -0.4 is 20.3 Å². The summed E-state index contributed by atoms with van der Waals surface area (Å²) in [6.45, 7) is 13.0. The van der Waals surface area contributed by atoms with Crippen LogP contribution in [0.25, 0.3) is 16.9 Å². The molecule has 7 nitrogen and oxygen atoms in total. The number of halogens is 3. The molecule has 4 aromatic carbocycles. The van der Waals surface area contributed by atoms with Crippen LogP contribution >= 0.6 is 34.8 Å². The number of nitrogens with one attached hydrogen (secondary N) is 2. The first-order chi connectivity index (χ1) is 23.2. The minimum absolute atomic E-state index is 0.0307. The fourth-order valence-electron chi connectivity index (χ4n) is 5.20. The van der Waals surface area contributed by atoms with Gasteiger partial charge in [0.2, 0.25) is 5.75 Å². The van der Waals surface area contributed by atoms with Gasteiger partial charge in [-0.1, -0.05) is 101 Å². The predicted octanol–water partition coefficient (Wildman–Crippen LogP) is 11.0. The van der Waals surface area contributed by atoms with E-state index in [-0.39, 0.29) is 29.1 Å². The predicted molar refractivity (Wildman–Crippen MR) is 201 cm³/mol. The molecule has 0 spiro atoms. The highest BCUT2D eigenvalue weighted by atomic mass is 35.5. The van der Waals surface area contributed by atoms with Crippen molar-refractivity contribution in [3.8, 4) is 34.2 Å². The van der Waals surface area contributed by atoms with Crippen molar-refractivity contribution in [2.24, 2.45) is 0 Å². The summed E-state index contributed by atoms with van der Waals surface area (Å²) in [5.41, 5.74) is 4.02. The molecule has 5 aromatic rings. The molecule has 49 heavy (non-hydrogen) atoms. The van der Waals surface area contributed by atoms with Crippen molar-refractivity contribution >= 4 is 46.4 Å². The number of benzene rings is 4. The van der Waals surface area contributed by atoms with Gasteiger partial charge in [-0.2, -0.15) is 0 Å². The molecule has 0 unspecified atom stereocenters. The van der Waals surface area contributed by atoms with Gasteiger partial charge in [-0.3, -0.25) is 14.7 Å². The molecule has 0 saturated heterocycles. The first-order valence-corrected chi connectivity index (χ1v) is 17.3. The second kappa shape index (κ2) is 14.8. The third-order valence-electron chi connectivity index (χ3n) is 9.12. The Kier molecular flexibility index (Phi) is 10.9. The number of aromatic amines is 1. The number of carbonyl (C=O) groups excluding carboxylic acids is 1. The Morgan fingerprint density at radius 1 is 0.816 bits per heavy atom. The minimum atomic E-state index is -0.430. The summed E-state index contributed by atoms with van der Waals surface area (Å²) in [5, 5.41) is 7.27. The maximum Gasteiger partial charge on any atom is 0.314 e. The number of amides is 1. The van der Waals surface area contributed by atoms with Crippen LogP contribution in [0.5, 0.6) is 17.2 Å². The Bertz CT molecular complexity index is 2010. The first kappa shape index (κ1) is 36.1. The molecule has 0 fully saturated rings. The number of H-pyrrole nitrogens is 1. The number of carbonyl (C=O) groups is 1. The molecule has 0 aliphatic rings. The van der Waals surface area contributed by atoms with Gasteiger partial charge in [-0.05, 0) is 83.8 Å². The van der Waals surface area contributed by atoms with Gasteiger partial charge in [0.25, 0.3) is 5.91 Å². The number of rotatable bonds is 12. The van der Waals surface area contributed by atoms with Crippen LogP contribution in [0.4, 0.5) is 5.69 Å². The number of aromatic nitrogens is 2. The van der Waals surface area contributed by atoms with Crippen molar-refractivity contribution in [1.29, 1.82) is 0 Å². The van der Waals surface area contributed by atoms with Gasteiger partial charge < -0.3 is 14.8 Å². The average molecular weight is 721 g/mol. The van der Waals surface area contributed by atoms with Crippen molar-refractivity contribution in [3.05, 3.63) is 121 Å². The number of hydrogen-bond donors (Lipinski definition) is 2. The molecule has 1 heterocycles. The summed E-state index contributed by atoms with van der Waals surface area (Å²) < 4.78 is 13.5. The summed E-state index contributed by atoms with van der Waals surface area (Å²) in [6, 6.07) is 25.0. The van der Waals surface area contributed by atoms with E-state index in [2.05, 4.69) is 64.1 Å². The Balaban J connectivity index is 1.35. The monoisotopic (exact) mass is 719 g/mol. The van der Waals surface area contributed by atoms with E-state index in [4.69, 9.17) is 44.3 Å². The van der Waals surface area contributed by atoms with Crippen LogP contribution in [0.1, 0.15) is 65.5 Å². The summed E-state index contributed by atoms with van der Waals surface area (Å²) in [5.74, 6) is 0.811. The molecule has 0 aliphatic carbocycles. The zero-order valence-electron chi connectivity index (χ0n) is 28.4. The van der Waals surface area contributed by atoms with Crippen LogP contribution in [0.3, 0.4) is 0 Å². The van der Waals surface area contributed by atoms with Crippen LogP contribution in [-0.4, -0.2) is 22.3 Å². The average Bonchev–Trinajstić information content (AvgIpc) is 3.41. The van der Waals surface area contributed by atoms with Crippen LogP contribution in [0.2, 0.25) is 15.1 Å². The van der Waals surface area contributed by atoms with Crippen LogP contribution in [-0.2, 0) is 15.6 Å². The molecule has 0 radical (unpaired) electrons. The quantitative estimate of drug-likeness (QED) is 0.134. The summed E-state index contributed by atoms with van der Waals surface area (Å²) in [4.78, 5) is 26.7. The lowest BCUT2D eigenvalue weighted by Gasteiger charge is -2.30. The van der Waals surface area contributed by atoms with Gasteiger partial charge in [0, 0.05) is 27.9 Å². The molecular formula is C39H40Cl3N3O4. The zero-order valence-corrected chi connectivity index (χ0v) is 30.7. The molecule has 256 valence electrons. The van der Waals surface area contributed by atoms with Crippen LogP contribution in [0, 0.1) is 0 Å². The molecule has 1 aromatic heterocycles. The number of hydrogen-bond acceptors (Lipinski definition) is 4.